The van der Waals surface area contributed by atoms with Crippen LogP contribution in [0.2, 0.25) is 0 Å². The molecule has 1 aromatic rings. The molecule has 0 aliphatic heterocycles. The van der Waals surface area contributed by atoms with Crippen molar-refractivity contribution >= 4 is 0 Å². The van der Waals surface area contributed by atoms with Crippen molar-refractivity contribution in [1.82, 2.24) is 0 Å². The molecule has 0 heterocycles. The Labute approximate surface area is 73.0 Å². The molecule has 0 fully saturated rings. The Bertz CT molecular complexity index is 223. The van der Waals surface area contributed by atoms with Gasteiger partial charge in [0, 0.05) is 6.04 Å². The van der Waals surface area contributed by atoms with Gasteiger partial charge in [-0.3, -0.25) is 0 Å². The minimum absolute atomic E-state index is 0.0378. The fourth-order valence-corrected chi connectivity index (χ4v) is 1.16. The first kappa shape index (κ1) is 9.23. The highest BCUT2D eigenvalue weighted by Gasteiger charge is 2.12. The molecule has 0 aromatic heterocycles. The molecular formula is C10H15NO. The van der Waals surface area contributed by atoms with Crippen LogP contribution in [0.15, 0.2) is 30.3 Å². The third kappa shape index (κ3) is 2.06. The van der Waals surface area contributed by atoms with E-state index in [1.165, 1.54) is 5.56 Å². The third-order valence-corrected chi connectivity index (χ3v) is 2.18. The zero-order valence-electron chi connectivity index (χ0n) is 7.27. The van der Waals surface area contributed by atoms with Crippen molar-refractivity contribution in [2.75, 3.05) is 6.61 Å². The summed E-state index contributed by atoms with van der Waals surface area (Å²) in [6, 6.07) is 9.83. The van der Waals surface area contributed by atoms with Gasteiger partial charge in [0.1, 0.15) is 0 Å². The highest BCUT2D eigenvalue weighted by Crippen LogP contribution is 2.16. The largest absolute Gasteiger partial charge is 0.395 e. The van der Waals surface area contributed by atoms with E-state index in [9.17, 15) is 0 Å². The molecule has 66 valence electrons. The highest BCUT2D eigenvalue weighted by atomic mass is 16.3. The van der Waals surface area contributed by atoms with E-state index in [0.717, 1.165) is 0 Å². The number of rotatable bonds is 3. The second-order valence-corrected chi connectivity index (χ2v) is 3.05. The molecule has 0 saturated heterocycles. The van der Waals surface area contributed by atoms with Gasteiger partial charge in [-0.05, 0) is 11.5 Å². The molecule has 2 nitrogen and oxygen atoms in total. The van der Waals surface area contributed by atoms with Gasteiger partial charge in [-0.25, -0.2) is 0 Å². The van der Waals surface area contributed by atoms with Crippen LogP contribution in [0, 0.1) is 0 Å². The Morgan fingerprint density at radius 2 is 1.92 bits per heavy atom. The molecule has 0 spiro atoms. The van der Waals surface area contributed by atoms with E-state index >= 15 is 0 Å². The van der Waals surface area contributed by atoms with Crippen molar-refractivity contribution in [3.8, 4) is 0 Å². The molecule has 0 amide bonds. The lowest BCUT2D eigenvalue weighted by Gasteiger charge is -2.17. The second kappa shape index (κ2) is 4.24. The summed E-state index contributed by atoms with van der Waals surface area (Å²) in [4.78, 5) is 0. The highest BCUT2D eigenvalue weighted by molar-refractivity contribution is 5.20. The van der Waals surface area contributed by atoms with Crippen LogP contribution >= 0.6 is 0 Å². The summed E-state index contributed by atoms with van der Waals surface area (Å²) in [5.41, 5.74) is 6.88. The summed E-state index contributed by atoms with van der Waals surface area (Å²) in [6.45, 7) is 2.06. The maximum absolute atomic E-state index is 8.84. The van der Waals surface area contributed by atoms with Crippen molar-refractivity contribution in [2.24, 2.45) is 5.73 Å². The van der Waals surface area contributed by atoms with E-state index in [0.29, 0.717) is 0 Å². The van der Waals surface area contributed by atoms with Crippen LogP contribution in [0.25, 0.3) is 0 Å². The van der Waals surface area contributed by atoms with E-state index in [1.54, 1.807) is 0 Å². The van der Waals surface area contributed by atoms with Gasteiger partial charge in [0.05, 0.1) is 6.61 Å². The minimum Gasteiger partial charge on any atom is -0.395 e. The topological polar surface area (TPSA) is 46.2 Å². The Balaban J connectivity index is 2.71. The second-order valence-electron chi connectivity index (χ2n) is 3.05. The van der Waals surface area contributed by atoms with Gasteiger partial charge >= 0.3 is 0 Å². The van der Waals surface area contributed by atoms with Gasteiger partial charge in [-0.1, -0.05) is 37.3 Å². The Hall–Kier alpha value is -0.860. The summed E-state index contributed by atoms with van der Waals surface area (Å²) in [5, 5.41) is 8.84. The predicted molar refractivity (Wildman–Crippen MR) is 49.9 cm³/mol. The fourth-order valence-electron chi connectivity index (χ4n) is 1.16. The number of aliphatic hydroxyl groups is 1. The van der Waals surface area contributed by atoms with E-state index in [-0.39, 0.29) is 18.6 Å². The minimum atomic E-state index is -0.160. The molecule has 1 aromatic carbocycles. The first-order valence-electron chi connectivity index (χ1n) is 4.17. The van der Waals surface area contributed by atoms with Crippen molar-refractivity contribution in [2.45, 2.75) is 18.9 Å². The van der Waals surface area contributed by atoms with Gasteiger partial charge < -0.3 is 10.8 Å². The number of aliphatic hydroxyl groups excluding tert-OH is 1. The molecule has 12 heavy (non-hydrogen) atoms. The lowest BCUT2D eigenvalue weighted by atomic mass is 9.95. The van der Waals surface area contributed by atoms with Gasteiger partial charge in [-0.2, -0.15) is 0 Å². The first-order chi connectivity index (χ1) is 5.75. The van der Waals surface area contributed by atoms with Crippen LogP contribution in [-0.4, -0.2) is 17.8 Å². The Kier molecular flexibility index (Phi) is 3.26. The fraction of sp³-hybridized carbons (Fsp3) is 0.400. The van der Waals surface area contributed by atoms with E-state index in [2.05, 4.69) is 0 Å². The molecule has 0 radical (unpaired) electrons. The van der Waals surface area contributed by atoms with Crippen LogP contribution in [0.1, 0.15) is 18.4 Å². The average molecular weight is 165 g/mol. The number of hydrogen-bond donors (Lipinski definition) is 2. The maximum atomic E-state index is 8.84. The SMILES string of the molecule is CC(c1ccccc1)[C@H](N)CO. The van der Waals surface area contributed by atoms with Gasteiger partial charge in [0.15, 0.2) is 0 Å². The van der Waals surface area contributed by atoms with Crippen LogP contribution in [0.4, 0.5) is 0 Å². The molecule has 2 atom stereocenters. The molecule has 1 rings (SSSR count). The summed E-state index contributed by atoms with van der Waals surface area (Å²) in [7, 11) is 0. The molecule has 1 unspecified atom stereocenters. The Morgan fingerprint density at radius 3 is 2.42 bits per heavy atom. The number of hydrogen-bond acceptors (Lipinski definition) is 2. The molecule has 0 aliphatic rings. The summed E-state index contributed by atoms with van der Waals surface area (Å²) < 4.78 is 0. The van der Waals surface area contributed by atoms with E-state index in [1.807, 2.05) is 37.3 Å². The monoisotopic (exact) mass is 165 g/mol. The van der Waals surface area contributed by atoms with Crippen LogP contribution < -0.4 is 5.73 Å². The quantitative estimate of drug-likeness (QED) is 0.704. The van der Waals surface area contributed by atoms with Gasteiger partial charge in [0.25, 0.3) is 0 Å². The standard InChI is InChI=1S/C10H15NO/c1-8(10(11)7-12)9-5-3-2-4-6-9/h2-6,8,10,12H,7,11H2,1H3/t8?,10-/m1/s1. The van der Waals surface area contributed by atoms with E-state index < -0.39 is 0 Å². The Morgan fingerprint density at radius 1 is 1.33 bits per heavy atom. The average Bonchev–Trinajstić information content (AvgIpc) is 2.17. The van der Waals surface area contributed by atoms with Gasteiger partial charge in [-0.15, -0.1) is 0 Å². The maximum Gasteiger partial charge on any atom is 0.0588 e. The van der Waals surface area contributed by atoms with E-state index in [4.69, 9.17) is 10.8 Å². The molecule has 0 saturated carbocycles. The van der Waals surface area contributed by atoms with Crippen LogP contribution in [0.5, 0.6) is 0 Å². The lowest BCUT2D eigenvalue weighted by Crippen LogP contribution is -2.30. The summed E-state index contributed by atoms with van der Waals surface area (Å²) in [5.74, 6) is 0.219. The molecule has 3 N–H and O–H groups in total. The third-order valence-electron chi connectivity index (χ3n) is 2.18. The molecule has 2 heteroatoms. The van der Waals surface area contributed by atoms with Crippen LogP contribution in [0.3, 0.4) is 0 Å². The molecular weight excluding hydrogens is 150 g/mol. The molecule has 0 bridgehead atoms. The van der Waals surface area contributed by atoms with Crippen molar-refractivity contribution in [3.05, 3.63) is 35.9 Å². The molecule has 0 aliphatic carbocycles. The zero-order chi connectivity index (χ0) is 8.97. The normalized spacial score (nSPS) is 15.6. The van der Waals surface area contributed by atoms with Crippen molar-refractivity contribution < 1.29 is 5.11 Å². The lowest BCUT2D eigenvalue weighted by molar-refractivity contribution is 0.252. The van der Waals surface area contributed by atoms with Crippen molar-refractivity contribution in [1.29, 1.82) is 0 Å². The van der Waals surface area contributed by atoms with Crippen LogP contribution in [-0.2, 0) is 0 Å². The number of benzene rings is 1. The summed E-state index contributed by atoms with van der Waals surface area (Å²) in [6.07, 6.45) is 0. The smallest absolute Gasteiger partial charge is 0.0588 e. The van der Waals surface area contributed by atoms with Crippen molar-refractivity contribution in [3.63, 3.8) is 0 Å². The predicted octanol–water partition coefficient (Wildman–Crippen LogP) is 1.11. The summed E-state index contributed by atoms with van der Waals surface area (Å²) >= 11 is 0. The van der Waals surface area contributed by atoms with Gasteiger partial charge in [0.2, 0.25) is 0 Å². The number of nitrogens with two attached hydrogens (primary N) is 1. The zero-order valence-corrected chi connectivity index (χ0v) is 7.27. The first-order valence-corrected chi connectivity index (χ1v) is 4.17.